The van der Waals surface area contributed by atoms with Gasteiger partial charge in [-0.2, -0.15) is 0 Å². The lowest BCUT2D eigenvalue weighted by Crippen LogP contribution is -2.22. The van der Waals surface area contributed by atoms with Crippen LogP contribution in [-0.4, -0.2) is 22.5 Å². The van der Waals surface area contributed by atoms with E-state index >= 15 is 0 Å². The standard InChI is InChI=1S/C26H25N3O3S/c1-3-31-22-12-8-21(9-13-22)26-29-18(2)24(33-26)25(30)28-16-19-6-10-23(11-7-19)32-17-20-5-4-14-27-15-20/h4-15H,3,16-17H2,1-2H3,(H,28,30). The van der Waals surface area contributed by atoms with Crippen molar-refractivity contribution in [1.29, 1.82) is 0 Å². The topological polar surface area (TPSA) is 73.3 Å². The maximum Gasteiger partial charge on any atom is 0.263 e. The first kappa shape index (κ1) is 22.5. The van der Waals surface area contributed by atoms with Crippen LogP contribution in [0, 0.1) is 6.92 Å². The lowest BCUT2D eigenvalue weighted by atomic mass is 10.2. The number of hydrogen-bond acceptors (Lipinski definition) is 6. The molecule has 0 fully saturated rings. The van der Waals surface area contributed by atoms with Crippen LogP contribution in [0.5, 0.6) is 11.5 Å². The fraction of sp³-hybridized carbons (Fsp3) is 0.192. The molecule has 33 heavy (non-hydrogen) atoms. The molecule has 0 aliphatic heterocycles. The Morgan fingerprint density at radius 2 is 1.70 bits per heavy atom. The molecule has 0 atom stereocenters. The molecule has 0 aliphatic rings. The van der Waals surface area contributed by atoms with E-state index < -0.39 is 0 Å². The molecule has 1 amide bonds. The van der Waals surface area contributed by atoms with Crippen molar-refractivity contribution in [1.82, 2.24) is 15.3 Å². The van der Waals surface area contributed by atoms with E-state index in [-0.39, 0.29) is 5.91 Å². The summed E-state index contributed by atoms with van der Waals surface area (Å²) < 4.78 is 11.3. The molecule has 0 aliphatic carbocycles. The van der Waals surface area contributed by atoms with Gasteiger partial charge in [-0.3, -0.25) is 9.78 Å². The average Bonchev–Trinajstić information content (AvgIpc) is 3.25. The number of hydrogen-bond donors (Lipinski definition) is 1. The van der Waals surface area contributed by atoms with Crippen molar-refractivity contribution in [3.63, 3.8) is 0 Å². The van der Waals surface area contributed by atoms with E-state index in [4.69, 9.17) is 9.47 Å². The van der Waals surface area contributed by atoms with Gasteiger partial charge in [-0.15, -0.1) is 11.3 Å². The van der Waals surface area contributed by atoms with Gasteiger partial charge in [0.05, 0.1) is 12.3 Å². The SMILES string of the molecule is CCOc1ccc(-c2nc(C)c(C(=O)NCc3ccc(OCc4cccnc4)cc3)s2)cc1. The van der Waals surface area contributed by atoms with Gasteiger partial charge in [0.1, 0.15) is 28.0 Å². The van der Waals surface area contributed by atoms with Crippen molar-refractivity contribution in [2.24, 2.45) is 0 Å². The number of carbonyl (C=O) groups excluding carboxylic acids is 1. The molecule has 2 heterocycles. The highest BCUT2D eigenvalue weighted by Gasteiger charge is 2.16. The largest absolute Gasteiger partial charge is 0.494 e. The first-order chi connectivity index (χ1) is 16.1. The molecule has 0 saturated heterocycles. The van der Waals surface area contributed by atoms with E-state index in [1.165, 1.54) is 11.3 Å². The zero-order valence-corrected chi connectivity index (χ0v) is 19.4. The minimum atomic E-state index is -0.126. The third kappa shape index (κ3) is 5.96. The van der Waals surface area contributed by atoms with E-state index in [1.54, 1.807) is 12.4 Å². The minimum Gasteiger partial charge on any atom is -0.494 e. The second-order valence-corrected chi connectivity index (χ2v) is 8.37. The number of aromatic nitrogens is 2. The van der Waals surface area contributed by atoms with Crippen molar-refractivity contribution in [2.45, 2.75) is 27.0 Å². The summed E-state index contributed by atoms with van der Waals surface area (Å²) in [5, 5.41) is 3.80. The molecule has 2 aromatic heterocycles. The summed E-state index contributed by atoms with van der Waals surface area (Å²) in [7, 11) is 0. The minimum absolute atomic E-state index is 0.126. The van der Waals surface area contributed by atoms with Crippen molar-refractivity contribution < 1.29 is 14.3 Å². The van der Waals surface area contributed by atoms with Crippen LogP contribution >= 0.6 is 11.3 Å². The highest BCUT2D eigenvalue weighted by Crippen LogP contribution is 2.29. The normalized spacial score (nSPS) is 10.6. The van der Waals surface area contributed by atoms with Crippen LogP contribution in [0.2, 0.25) is 0 Å². The number of nitrogens with zero attached hydrogens (tertiary/aromatic N) is 2. The predicted octanol–water partition coefficient (Wildman–Crippen LogP) is 5.42. The maximum atomic E-state index is 12.8. The zero-order valence-electron chi connectivity index (χ0n) is 18.6. The summed E-state index contributed by atoms with van der Waals surface area (Å²) in [6, 6.07) is 19.3. The first-order valence-corrected chi connectivity index (χ1v) is 11.5. The maximum absolute atomic E-state index is 12.8. The Kier molecular flexibility index (Phi) is 7.32. The van der Waals surface area contributed by atoms with Crippen LogP contribution in [0.3, 0.4) is 0 Å². The van der Waals surface area contributed by atoms with Crippen LogP contribution in [0.25, 0.3) is 10.6 Å². The van der Waals surface area contributed by atoms with E-state index in [0.717, 1.165) is 38.9 Å². The fourth-order valence-corrected chi connectivity index (χ4v) is 4.20. The number of benzene rings is 2. The highest BCUT2D eigenvalue weighted by molar-refractivity contribution is 7.17. The summed E-state index contributed by atoms with van der Waals surface area (Å²) in [6.07, 6.45) is 3.52. The Balaban J connectivity index is 1.33. The summed E-state index contributed by atoms with van der Waals surface area (Å²) in [4.78, 5) is 22.0. The van der Waals surface area contributed by atoms with Crippen LogP contribution in [0.1, 0.15) is 33.4 Å². The molecule has 4 rings (SSSR count). The number of thiazole rings is 1. The molecule has 0 spiro atoms. The number of nitrogens with one attached hydrogen (secondary N) is 1. The Bertz CT molecular complexity index is 1190. The van der Waals surface area contributed by atoms with Crippen LogP contribution in [0.15, 0.2) is 73.1 Å². The van der Waals surface area contributed by atoms with Crippen LogP contribution < -0.4 is 14.8 Å². The molecular weight excluding hydrogens is 434 g/mol. The van der Waals surface area contributed by atoms with Gasteiger partial charge in [-0.25, -0.2) is 4.98 Å². The smallest absolute Gasteiger partial charge is 0.263 e. The van der Waals surface area contributed by atoms with Crippen LogP contribution in [-0.2, 0) is 13.2 Å². The van der Waals surface area contributed by atoms with Gasteiger partial charge in [-0.1, -0.05) is 18.2 Å². The molecule has 0 unspecified atom stereocenters. The summed E-state index contributed by atoms with van der Waals surface area (Å²) >= 11 is 1.39. The molecule has 0 radical (unpaired) electrons. The molecule has 2 aromatic carbocycles. The monoisotopic (exact) mass is 459 g/mol. The Labute approximate surface area is 197 Å². The summed E-state index contributed by atoms with van der Waals surface area (Å²) in [5.41, 5.74) is 3.69. The third-order valence-corrected chi connectivity index (χ3v) is 6.13. The number of amides is 1. The lowest BCUT2D eigenvalue weighted by molar-refractivity contribution is 0.0954. The van der Waals surface area contributed by atoms with Gasteiger partial charge in [0.2, 0.25) is 0 Å². The number of ether oxygens (including phenoxy) is 2. The highest BCUT2D eigenvalue weighted by atomic mass is 32.1. The first-order valence-electron chi connectivity index (χ1n) is 10.7. The predicted molar refractivity (Wildman–Crippen MR) is 130 cm³/mol. The van der Waals surface area contributed by atoms with Gasteiger partial charge in [0.15, 0.2) is 0 Å². The molecule has 6 nitrogen and oxygen atoms in total. The third-order valence-electron chi connectivity index (χ3n) is 4.92. The number of rotatable bonds is 9. The van der Waals surface area contributed by atoms with Gasteiger partial charge < -0.3 is 14.8 Å². The van der Waals surface area contributed by atoms with Gasteiger partial charge in [0.25, 0.3) is 5.91 Å². The fourth-order valence-electron chi connectivity index (χ4n) is 3.21. The van der Waals surface area contributed by atoms with E-state index in [0.29, 0.717) is 24.6 Å². The quantitative estimate of drug-likeness (QED) is 0.362. The van der Waals surface area contributed by atoms with Crippen molar-refractivity contribution in [3.8, 4) is 22.1 Å². The second kappa shape index (κ2) is 10.7. The van der Waals surface area contributed by atoms with Crippen molar-refractivity contribution in [3.05, 3.63) is 94.8 Å². The van der Waals surface area contributed by atoms with Gasteiger partial charge >= 0.3 is 0 Å². The number of carbonyl (C=O) groups is 1. The van der Waals surface area contributed by atoms with E-state index in [9.17, 15) is 4.79 Å². The molecular formula is C26H25N3O3S. The molecule has 1 N–H and O–H groups in total. The van der Waals surface area contributed by atoms with Crippen molar-refractivity contribution in [2.75, 3.05) is 6.61 Å². The Morgan fingerprint density at radius 3 is 2.39 bits per heavy atom. The molecule has 0 saturated carbocycles. The molecule has 7 heteroatoms. The van der Waals surface area contributed by atoms with Gasteiger partial charge in [-0.05, 0) is 61.9 Å². The molecule has 0 bridgehead atoms. The van der Waals surface area contributed by atoms with Gasteiger partial charge in [0, 0.05) is 30.1 Å². The molecule has 4 aromatic rings. The van der Waals surface area contributed by atoms with E-state index in [2.05, 4.69) is 15.3 Å². The van der Waals surface area contributed by atoms with Crippen molar-refractivity contribution >= 4 is 17.2 Å². The molecule has 168 valence electrons. The summed E-state index contributed by atoms with van der Waals surface area (Å²) in [6.45, 7) is 5.33. The average molecular weight is 460 g/mol. The summed E-state index contributed by atoms with van der Waals surface area (Å²) in [5.74, 6) is 1.47. The zero-order chi connectivity index (χ0) is 23.0. The van der Waals surface area contributed by atoms with E-state index in [1.807, 2.05) is 74.5 Å². The number of aryl methyl sites for hydroxylation is 1. The Morgan fingerprint density at radius 1 is 0.970 bits per heavy atom. The number of pyridine rings is 1. The Hall–Kier alpha value is -3.71. The van der Waals surface area contributed by atoms with Crippen LogP contribution in [0.4, 0.5) is 0 Å². The lowest BCUT2D eigenvalue weighted by Gasteiger charge is -2.08. The second-order valence-electron chi connectivity index (χ2n) is 7.37.